The maximum absolute atomic E-state index is 4.26. The van der Waals surface area contributed by atoms with Crippen LogP contribution < -0.4 is 5.32 Å². The lowest BCUT2D eigenvalue weighted by atomic mass is 9.74. The van der Waals surface area contributed by atoms with Crippen molar-refractivity contribution in [2.24, 2.45) is 11.8 Å². The molecule has 1 aromatic rings. The molecule has 1 aliphatic carbocycles. The summed E-state index contributed by atoms with van der Waals surface area (Å²) < 4.78 is 0. The van der Waals surface area contributed by atoms with E-state index in [0.29, 0.717) is 0 Å². The molecule has 0 spiro atoms. The van der Waals surface area contributed by atoms with Crippen molar-refractivity contribution in [2.45, 2.75) is 39.3 Å². The molecule has 0 radical (unpaired) electrons. The molecule has 2 nitrogen and oxygen atoms in total. The average Bonchev–Trinajstić information content (AvgIpc) is 2.52. The van der Waals surface area contributed by atoms with Gasteiger partial charge in [0.25, 0.3) is 0 Å². The maximum atomic E-state index is 4.26. The number of hydrogen-bond acceptors (Lipinski definition) is 3. The van der Waals surface area contributed by atoms with Gasteiger partial charge in [-0.2, -0.15) is 0 Å². The minimum atomic E-state index is 0.742. The third-order valence-corrected chi connectivity index (χ3v) is 3.92. The second kappa shape index (κ2) is 4.41. The monoisotopic (exact) mass is 210 g/mol. The fraction of sp³-hybridized carbons (Fsp3) is 0.727. The van der Waals surface area contributed by atoms with Crippen LogP contribution in [0.4, 0.5) is 0 Å². The summed E-state index contributed by atoms with van der Waals surface area (Å²) in [6.45, 7) is 5.59. The van der Waals surface area contributed by atoms with E-state index < -0.39 is 0 Å². The van der Waals surface area contributed by atoms with E-state index in [0.717, 1.165) is 24.4 Å². The topological polar surface area (TPSA) is 24.9 Å². The predicted molar refractivity (Wildman–Crippen MR) is 60.3 cm³/mol. The standard InChI is InChI=1S/C11H18N2S/c1-8(2)9-5-10(6-9)13-7-11-12-3-4-14-11/h3-4,8-10,13H,5-7H2,1-2H3. The van der Waals surface area contributed by atoms with Crippen LogP contribution >= 0.6 is 11.3 Å². The minimum Gasteiger partial charge on any atom is -0.308 e. The first-order chi connectivity index (χ1) is 6.75. The van der Waals surface area contributed by atoms with Gasteiger partial charge in [0.15, 0.2) is 0 Å². The molecule has 14 heavy (non-hydrogen) atoms. The first-order valence-corrected chi connectivity index (χ1v) is 6.25. The van der Waals surface area contributed by atoms with Crippen molar-refractivity contribution in [3.05, 3.63) is 16.6 Å². The average molecular weight is 210 g/mol. The Labute approximate surface area is 89.8 Å². The van der Waals surface area contributed by atoms with E-state index in [1.807, 2.05) is 11.6 Å². The van der Waals surface area contributed by atoms with E-state index in [4.69, 9.17) is 0 Å². The summed E-state index contributed by atoms with van der Waals surface area (Å²) in [5.41, 5.74) is 0. The molecule has 0 bridgehead atoms. The lowest BCUT2D eigenvalue weighted by Gasteiger charge is -2.38. The normalized spacial score (nSPS) is 26.5. The molecule has 78 valence electrons. The van der Waals surface area contributed by atoms with Crippen molar-refractivity contribution in [1.29, 1.82) is 0 Å². The van der Waals surface area contributed by atoms with Crippen LogP contribution in [-0.4, -0.2) is 11.0 Å². The van der Waals surface area contributed by atoms with Crippen LogP contribution in [0.1, 0.15) is 31.7 Å². The van der Waals surface area contributed by atoms with Gasteiger partial charge in [-0.1, -0.05) is 13.8 Å². The van der Waals surface area contributed by atoms with Crippen molar-refractivity contribution >= 4 is 11.3 Å². The Morgan fingerprint density at radius 3 is 2.93 bits per heavy atom. The Hall–Kier alpha value is -0.410. The molecule has 0 aromatic carbocycles. The summed E-state index contributed by atoms with van der Waals surface area (Å²) in [6.07, 6.45) is 4.57. The summed E-state index contributed by atoms with van der Waals surface area (Å²) in [7, 11) is 0. The number of hydrogen-bond donors (Lipinski definition) is 1. The first-order valence-electron chi connectivity index (χ1n) is 5.37. The van der Waals surface area contributed by atoms with Crippen molar-refractivity contribution in [3.63, 3.8) is 0 Å². The highest BCUT2D eigenvalue weighted by atomic mass is 32.1. The molecule has 0 unspecified atom stereocenters. The Morgan fingerprint density at radius 2 is 2.36 bits per heavy atom. The van der Waals surface area contributed by atoms with E-state index in [1.165, 1.54) is 17.8 Å². The van der Waals surface area contributed by atoms with Crippen molar-refractivity contribution < 1.29 is 0 Å². The lowest BCUT2D eigenvalue weighted by molar-refractivity contribution is 0.167. The number of nitrogens with one attached hydrogen (secondary N) is 1. The molecule has 1 heterocycles. The van der Waals surface area contributed by atoms with Crippen LogP contribution in [0.25, 0.3) is 0 Å². The number of rotatable bonds is 4. The fourth-order valence-electron chi connectivity index (χ4n) is 1.94. The quantitative estimate of drug-likeness (QED) is 0.826. The van der Waals surface area contributed by atoms with Gasteiger partial charge in [0.1, 0.15) is 5.01 Å². The molecule has 1 saturated carbocycles. The predicted octanol–water partition coefficient (Wildman–Crippen LogP) is 2.67. The highest BCUT2D eigenvalue weighted by Crippen LogP contribution is 2.33. The molecule has 0 saturated heterocycles. The van der Waals surface area contributed by atoms with Crippen LogP contribution in [0, 0.1) is 11.8 Å². The fourth-order valence-corrected chi connectivity index (χ4v) is 2.51. The molecule has 1 aliphatic rings. The van der Waals surface area contributed by atoms with Gasteiger partial charge < -0.3 is 5.32 Å². The summed E-state index contributed by atoms with van der Waals surface area (Å²) in [6, 6.07) is 0.742. The lowest BCUT2D eigenvalue weighted by Crippen LogP contribution is -2.42. The van der Waals surface area contributed by atoms with Crippen LogP contribution in [-0.2, 0) is 6.54 Å². The number of aromatic nitrogens is 1. The number of thiazole rings is 1. The van der Waals surface area contributed by atoms with Gasteiger partial charge in [0.05, 0.1) is 0 Å². The molecule has 0 aliphatic heterocycles. The summed E-state index contributed by atoms with van der Waals surface area (Å²) in [5, 5.41) is 6.80. The van der Waals surface area contributed by atoms with Crippen molar-refractivity contribution in [2.75, 3.05) is 0 Å². The summed E-state index contributed by atoms with van der Waals surface area (Å²) >= 11 is 1.73. The molecule has 0 amide bonds. The largest absolute Gasteiger partial charge is 0.308 e. The van der Waals surface area contributed by atoms with E-state index in [1.54, 1.807) is 11.3 Å². The Bertz CT molecular complexity index is 263. The highest BCUT2D eigenvalue weighted by molar-refractivity contribution is 7.09. The molecular weight excluding hydrogens is 192 g/mol. The maximum Gasteiger partial charge on any atom is 0.106 e. The number of nitrogens with zero attached hydrogens (tertiary/aromatic N) is 1. The molecule has 1 aromatic heterocycles. The van der Waals surface area contributed by atoms with Gasteiger partial charge in [-0.15, -0.1) is 11.3 Å². The zero-order chi connectivity index (χ0) is 9.97. The van der Waals surface area contributed by atoms with E-state index in [9.17, 15) is 0 Å². The van der Waals surface area contributed by atoms with Crippen LogP contribution in [0.5, 0.6) is 0 Å². The van der Waals surface area contributed by atoms with Gasteiger partial charge in [0.2, 0.25) is 0 Å². The Balaban J connectivity index is 1.65. The van der Waals surface area contributed by atoms with Crippen molar-refractivity contribution in [1.82, 2.24) is 10.3 Å². The Kier molecular flexibility index (Phi) is 3.19. The van der Waals surface area contributed by atoms with Gasteiger partial charge >= 0.3 is 0 Å². The highest BCUT2D eigenvalue weighted by Gasteiger charge is 2.30. The zero-order valence-electron chi connectivity index (χ0n) is 8.86. The molecule has 0 atom stereocenters. The molecule has 1 N–H and O–H groups in total. The van der Waals surface area contributed by atoms with E-state index >= 15 is 0 Å². The second-order valence-electron chi connectivity index (χ2n) is 4.48. The third-order valence-electron chi connectivity index (χ3n) is 3.14. The van der Waals surface area contributed by atoms with Gasteiger partial charge in [-0.25, -0.2) is 4.98 Å². The third kappa shape index (κ3) is 2.34. The molecular formula is C11H18N2S. The van der Waals surface area contributed by atoms with Gasteiger partial charge in [0, 0.05) is 24.2 Å². The molecule has 1 fully saturated rings. The summed E-state index contributed by atoms with van der Waals surface area (Å²) in [5.74, 6) is 1.80. The van der Waals surface area contributed by atoms with E-state index in [-0.39, 0.29) is 0 Å². The van der Waals surface area contributed by atoms with Gasteiger partial charge in [-0.3, -0.25) is 0 Å². The minimum absolute atomic E-state index is 0.742. The van der Waals surface area contributed by atoms with E-state index in [2.05, 4.69) is 24.1 Å². The molecule has 3 heteroatoms. The van der Waals surface area contributed by atoms with Gasteiger partial charge in [-0.05, 0) is 24.7 Å². The van der Waals surface area contributed by atoms with Crippen LogP contribution in [0.15, 0.2) is 11.6 Å². The van der Waals surface area contributed by atoms with Crippen LogP contribution in [0.2, 0.25) is 0 Å². The molecule has 2 rings (SSSR count). The second-order valence-corrected chi connectivity index (χ2v) is 5.46. The summed E-state index contributed by atoms with van der Waals surface area (Å²) in [4.78, 5) is 4.26. The smallest absolute Gasteiger partial charge is 0.106 e. The SMILES string of the molecule is CC(C)C1CC(NCc2nccs2)C1. The van der Waals surface area contributed by atoms with Crippen molar-refractivity contribution in [3.8, 4) is 0 Å². The Morgan fingerprint density at radius 1 is 1.57 bits per heavy atom. The zero-order valence-corrected chi connectivity index (χ0v) is 9.68. The first kappa shape index (κ1) is 10.1. The van der Waals surface area contributed by atoms with Crippen LogP contribution in [0.3, 0.4) is 0 Å².